The molecule has 9 nitrogen and oxygen atoms in total. The number of esters is 2. The molecule has 0 aliphatic carbocycles. The summed E-state index contributed by atoms with van der Waals surface area (Å²) in [6, 6.07) is 0. The van der Waals surface area contributed by atoms with E-state index < -0.39 is 24.3 Å². The van der Waals surface area contributed by atoms with Crippen LogP contribution in [0.5, 0.6) is 0 Å². The maximum atomic E-state index is 13.0. The number of hydrogen-bond acceptors (Lipinski definition) is 7. The molecule has 2 atom stereocenters. The number of aliphatic carboxylic acids is 1. The zero-order valence-electron chi connectivity index (χ0n) is 62.8. The minimum atomic E-state index is -1.54. The van der Waals surface area contributed by atoms with Gasteiger partial charge in [0.1, 0.15) is 13.2 Å². The number of hydrogen-bond donors (Lipinski definition) is 1. The number of carboxylic acid groups (broad SMARTS) is 1. The average Bonchev–Trinajstić information content (AvgIpc) is 2.19. The summed E-state index contributed by atoms with van der Waals surface area (Å²) in [5.74, 6) is -2.09. The standard InChI is InChI=1S/C90H137NO8/c1-6-8-10-12-14-16-18-20-22-24-26-28-30-32-34-36-38-40-42-44-46-48-50-52-54-56-58-60-62-64-66-68-70-72-74-76-78-80-87(92)97-84-86(85-98-90(89(94)95)96-83-82-91(3,4)5)99-88(93)81-79-77-75-73-71-69-67-65-63-61-59-57-55-53-51-49-47-45-43-41-39-37-35-33-31-29-27-25-23-21-19-17-15-13-11-9-7-2/h8-11,14-17,20-23,26-29,32-35,38-41,44-47,50-53,56-59,63,65,69,71,86,90H,6-7,12-13,18-19,24-25,30-31,36-37,42-43,48-49,54-55,60-62,64,66-68,70,72-85H2,1-5H3/p+1/b10-8-,11-9-,16-14-,17-15-,22-20-,23-21-,28-26-,29-27-,34-32-,35-33-,40-38-,41-39-,46-44-,47-45-,52-50-,53-51-,58-56-,59-57-,65-63-,71-69-. The molecule has 1 N–H and O–H groups in total. The maximum absolute atomic E-state index is 13.0. The van der Waals surface area contributed by atoms with Gasteiger partial charge in [-0.25, -0.2) is 4.79 Å². The summed E-state index contributed by atoms with van der Waals surface area (Å²) in [6.07, 6.45) is 121. The number of carbonyl (C=O) groups excluding carboxylic acids is 2. The first kappa shape index (κ1) is 92.1. The summed E-state index contributed by atoms with van der Waals surface area (Å²) in [7, 11) is 5.95. The van der Waals surface area contributed by atoms with Crippen molar-refractivity contribution in [3.8, 4) is 0 Å². The molecule has 0 aromatic rings. The fourth-order valence-corrected chi connectivity index (χ4v) is 9.36. The van der Waals surface area contributed by atoms with Crippen molar-refractivity contribution >= 4 is 17.9 Å². The number of quaternary nitrogens is 1. The van der Waals surface area contributed by atoms with Crippen LogP contribution in [0.3, 0.4) is 0 Å². The van der Waals surface area contributed by atoms with Crippen LogP contribution in [0, 0.1) is 0 Å². The van der Waals surface area contributed by atoms with Crippen LogP contribution in [0.25, 0.3) is 0 Å². The molecule has 9 heteroatoms. The minimum absolute atomic E-state index is 0.166. The number of allylic oxidation sites excluding steroid dienone is 40. The molecule has 0 radical (unpaired) electrons. The third-order valence-electron chi connectivity index (χ3n) is 15.1. The second-order valence-electron chi connectivity index (χ2n) is 25.5. The van der Waals surface area contributed by atoms with Gasteiger partial charge in [0.25, 0.3) is 6.29 Å². The average molecular weight is 1360 g/mol. The van der Waals surface area contributed by atoms with Gasteiger partial charge in [0, 0.05) is 12.8 Å². The zero-order valence-corrected chi connectivity index (χ0v) is 62.8. The summed E-state index contributed by atoms with van der Waals surface area (Å²) in [6.45, 7) is 4.57. The Hall–Kier alpha value is -6.91. The molecular formula is C90H138NO8+. The van der Waals surface area contributed by atoms with Crippen LogP contribution in [0.1, 0.15) is 245 Å². The molecule has 0 heterocycles. The number of nitrogens with zero attached hydrogens (tertiary/aromatic N) is 1. The van der Waals surface area contributed by atoms with Gasteiger partial charge in [-0.15, -0.1) is 0 Å². The SMILES string of the molecule is CC/C=C\C/C=C\C/C=C\C/C=C\C/C=C\C/C=C\C/C=C\C/C=C\C/C=C\C/C=C\C/C=C\CCCCCC(=O)OC(COC(=O)CCCCCCCCCCC/C=C\C/C=C\C/C=C\C/C=C\C/C=C\C/C=C\C/C=C\C/C=C\C/C=C\CC)COC(OCC[N+](C)(C)C)C(=O)O. The first-order valence-electron chi connectivity index (χ1n) is 38.2. The Morgan fingerprint density at radius 3 is 0.818 bits per heavy atom. The van der Waals surface area contributed by atoms with E-state index in [1.165, 1.54) is 32.1 Å². The summed E-state index contributed by atoms with van der Waals surface area (Å²) >= 11 is 0. The summed E-state index contributed by atoms with van der Waals surface area (Å²) in [5, 5.41) is 9.76. The molecule has 0 fully saturated rings. The number of carboxylic acids is 1. The summed E-state index contributed by atoms with van der Waals surface area (Å²) < 4.78 is 22.9. The molecule has 0 bridgehead atoms. The highest BCUT2D eigenvalue weighted by Crippen LogP contribution is 2.14. The molecule has 99 heavy (non-hydrogen) atoms. The van der Waals surface area contributed by atoms with Gasteiger partial charge in [-0.2, -0.15) is 0 Å². The van der Waals surface area contributed by atoms with Crippen LogP contribution < -0.4 is 0 Å². The smallest absolute Gasteiger partial charge is 0.361 e. The molecule has 0 aliphatic rings. The highest BCUT2D eigenvalue weighted by Gasteiger charge is 2.25. The van der Waals surface area contributed by atoms with Crippen molar-refractivity contribution in [2.75, 3.05) is 47.5 Å². The van der Waals surface area contributed by atoms with Gasteiger partial charge >= 0.3 is 17.9 Å². The van der Waals surface area contributed by atoms with E-state index in [0.717, 1.165) is 180 Å². The molecule has 550 valence electrons. The van der Waals surface area contributed by atoms with Crippen molar-refractivity contribution in [1.82, 2.24) is 0 Å². The van der Waals surface area contributed by atoms with Crippen LogP contribution in [0.15, 0.2) is 243 Å². The first-order chi connectivity index (χ1) is 48.6. The molecule has 0 rings (SSSR count). The lowest BCUT2D eigenvalue weighted by Gasteiger charge is -2.25. The van der Waals surface area contributed by atoms with Gasteiger partial charge < -0.3 is 28.5 Å². The van der Waals surface area contributed by atoms with Crippen molar-refractivity contribution in [2.24, 2.45) is 0 Å². The molecule has 0 aromatic carbocycles. The Balaban J connectivity index is 4.27. The van der Waals surface area contributed by atoms with Gasteiger partial charge in [-0.05, 0) is 167 Å². The van der Waals surface area contributed by atoms with Crippen LogP contribution >= 0.6 is 0 Å². The summed E-state index contributed by atoms with van der Waals surface area (Å²) in [4.78, 5) is 37.7. The van der Waals surface area contributed by atoms with Gasteiger partial charge in [0.05, 0.1) is 34.4 Å². The Kier molecular flexibility index (Phi) is 71.5. The molecule has 0 saturated heterocycles. The third kappa shape index (κ3) is 78.3. The van der Waals surface area contributed by atoms with E-state index in [1.807, 2.05) is 21.1 Å². The van der Waals surface area contributed by atoms with Gasteiger partial charge in [0.2, 0.25) is 0 Å². The van der Waals surface area contributed by atoms with E-state index in [-0.39, 0.29) is 38.6 Å². The molecule has 0 spiro atoms. The zero-order chi connectivity index (χ0) is 71.8. The largest absolute Gasteiger partial charge is 0.477 e. The van der Waals surface area contributed by atoms with Crippen LogP contribution in [-0.4, -0.2) is 87.4 Å². The van der Waals surface area contributed by atoms with Crippen molar-refractivity contribution in [3.63, 3.8) is 0 Å². The highest BCUT2D eigenvalue weighted by atomic mass is 16.7. The predicted molar refractivity (Wildman–Crippen MR) is 427 cm³/mol. The quantitative estimate of drug-likeness (QED) is 0.0211. The molecule has 0 aromatic heterocycles. The highest BCUT2D eigenvalue weighted by molar-refractivity contribution is 5.71. The van der Waals surface area contributed by atoms with E-state index in [1.54, 1.807) is 0 Å². The first-order valence-corrected chi connectivity index (χ1v) is 38.2. The van der Waals surface area contributed by atoms with Crippen molar-refractivity contribution in [2.45, 2.75) is 257 Å². The summed E-state index contributed by atoms with van der Waals surface area (Å²) in [5.41, 5.74) is 0. The second kappa shape index (κ2) is 76.8. The molecule has 0 aliphatic heterocycles. The van der Waals surface area contributed by atoms with Crippen molar-refractivity contribution in [1.29, 1.82) is 0 Å². The van der Waals surface area contributed by atoms with Gasteiger partial charge in [0.15, 0.2) is 6.10 Å². The van der Waals surface area contributed by atoms with E-state index in [4.69, 9.17) is 18.9 Å². The molecule has 2 unspecified atom stereocenters. The number of likely N-dealkylation sites (N-methyl/N-ethyl adjacent to an activating group) is 1. The lowest BCUT2D eigenvalue weighted by atomic mass is 10.1. The number of ether oxygens (including phenoxy) is 4. The van der Waals surface area contributed by atoms with Crippen LogP contribution in [0.2, 0.25) is 0 Å². The Labute approximate surface area is 605 Å². The predicted octanol–water partition coefficient (Wildman–Crippen LogP) is 24.8. The minimum Gasteiger partial charge on any atom is -0.477 e. The monoisotopic (exact) mass is 1360 g/mol. The molecule has 0 amide bonds. The third-order valence-corrected chi connectivity index (χ3v) is 15.1. The number of carbonyl (C=O) groups is 3. The lowest BCUT2D eigenvalue weighted by molar-refractivity contribution is -0.870. The normalized spacial score (nSPS) is 14.1. The van der Waals surface area contributed by atoms with Crippen LogP contribution in [0.4, 0.5) is 0 Å². The van der Waals surface area contributed by atoms with Crippen molar-refractivity contribution < 1.29 is 42.9 Å². The van der Waals surface area contributed by atoms with E-state index in [9.17, 15) is 19.5 Å². The van der Waals surface area contributed by atoms with E-state index >= 15 is 0 Å². The topological polar surface area (TPSA) is 108 Å². The lowest BCUT2D eigenvalue weighted by Crippen LogP contribution is -2.40. The number of unbranched alkanes of at least 4 members (excludes halogenated alkanes) is 12. The Morgan fingerprint density at radius 1 is 0.303 bits per heavy atom. The fraction of sp³-hybridized carbons (Fsp3) is 0.522. The second-order valence-corrected chi connectivity index (χ2v) is 25.5. The van der Waals surface area contributed by atoms with Gasteiger partial charge in [-0.1, -0.05) is 308 Å². The van der Waals surface area contributed by atoms with E-state index in [2.05, 4.69) is 257 Å². The number of rotatable bonds is 67. The molecule has 0 saturated carbocycles. The Bertz CT molecular complexity index is 2540. The van der Waals surface area contributed by atoms with E-state index in [0.29, 0.717) is 17.4 Å². The van der Waals surface area contributed by atoms with Gasteiger partial charge in [-0.3, -0.25) is 9.59 Å². The maximum Gasteiger partial charge on any atom is 0.361 e. The molecular weight excluding hydrogens is 1220 g/mol. The van der Waals surface area contributed by atoms with Crippen molar-refractivity contribution in [3.05, 3.63) is 243 Å². The van der Waals surface area contributed by atoms with Crippen LogP contribution in [-0.2, 0) is 33.3 Å². The fourth-order valence-electron chi connectivity index (χ4n) is 9.36. The Morgan fingerprint density at radius 2 is 0.545 bits per heavy atom.